The highest BCUT2D eigenvalue weighted by Gasteiger charge is 2.17. The quantitative estimate of drug-likeness (QED) is 0.314. The first kappa shape index (κ1) is 22.8. The van der Waals surface area contributed by atoms with Crippen molar-refractivity contribution in [3.63, 3.8) is 0 Å². The SMILES string of the molecule is Cc1noc(CC(=O)O)c1-c1ccc(OCc2ccc(OCC(=N)c3ccccc3)cc2)cc1. The van der Waals surface area contributed by atoms with Crippen LogP contribution in [0.4, 0.5) is 0 Å². The van der Waals surface area contributed by atoms with Crippen molar-refractivity contribution in [3.05, 3.63) is 101 Å². The fourth-order valence-electron chi connectivity index (χ4n) is 3.49. The number of nitrogens with zero attached hydrogens (tertiary/aromatic N) is 1. The first-order valence-electron chi connectivity index (χ1n) is 10.7. The molecule has 0 aliphatic heterocycles. The summed E-state index contributed by atoms with van der Waals surface area (Å²) >= 11 is 0. The van der Waals surface area contributed by atoms with Crippen LogP contribution < -0.4 is 9.47 Å². The molecule has 0 radical (unpaired) electrons. The lowest BCUT2D eigenvalue weighted by molar-refractivity contribution is -0.136. The highest BCUT2D eigenvalue weighted by molar-refractivity contribution is 5.99. The average Bonchev–Trinajstić information content (AvgIpc) is 3.21. The second-order valence-corrected chi connectivity index (χ2v) is 7.73. The Kier molecular flexibility index (Phi) is 7.03. The van der Waals surface area contributed by atoms with E-state index < -0.39 is 5.97 Å². The van der Waals surface area contributed by atoms with Crippen molar-refractivity contribution >= 4 is 11.7 Å². The third-order valence-corrected chi connectivity index (χ3v) is 5.22. The number of hydrogen-bond donors (Lipinski definition) is 2. The Balaban J connectivity index is 1.31. The van der Waals surface area contributed by atoms with Gasteiger partial charge < -0.3 is 24.5 Å². The maximum Gasteiger partial charge on any atom is 0.311 e. The molecule has 2 N–H and O–H groups in total. The predicted molar refractivity (Wildman–Crippen MR) is 128 cm³/mol. The van der Waals surface area contributed by atoms with Crippen LogP contribution in [0.15, 0.2) is 83.4 Å². The molecule has 4 aromatic rings. The molecule has 4 rings (SSSR count). The molecule has 0 amide bonds. The lowest BCUT2D eigenvalue weighted by Gasteiger charge is -2.10. The van der Waals surface area contributed by atoms with E-state index in [0.29, 0.717) is 40.8 Å². The van der Waals surface area contributed by atoms with Gasteiger partial charge in [-0.1, -0.05) is 59.8 Å². The molecule has 172 valence electrons. The highest BCUT2D eigenvalue weighted by atomic mass is 16.5. The molecule has 0 unspecified atom stereocenters. The molecule has 0 aliphatic rings. The third kappa shape index (κ3) is 5.69. The van der Waals surface area contributed by atoms with Gasteiger partial charge >= 0.3 is 5.97 Å². The van der Waals surface area contributed by atoms with Crippen molar-refractivity contribution < 1.29 is 23.9 Å². The Morgan fingerprint density at radius 1 is 0.941 bits per heavy atom. The van der Waals surface area contributed by atoms with Crippen molar-refractivity contribution in [2.75, 3.05) is 6.61 Å². The predicted octanol–water partition coefficient (Wildman–Crippen LogP) is 5.30. The number of nitrogens with one attached hydrogen (secondary N) is 1. The Labute approximate surface area is 197 Å². The first-order chi connectivity index (χ1) is 16.5. The van der Waals surface area contributed by atoms with Gasteiger partial charge in [-0.2, -0.15) is 0 Å². The van der Waals surface area contributed by atoms with Gasteiger partial charge in [0, 0.05) is 5.56 Å². The number of benzene rings is 3. The lowest BCUT2D eigenvalue weighted by atomic mass is 10.0. The summed E-state index contributed by atoms with van der Waals surface area (Å²) in [7, 11) is 0. The van der Waals surface area contributed by atoms with Crippen molar-refractivity contribution in [2.45, 2.75) is 20.0 Å². The number of aromatic nitrogens is 1. The molecule has 0 saturated carbocycles. The summed E-state index contributed by atoms with van der Waals surface area (Å²) in [5.41, 5.74) is 4.41. The Morgan fingerprint density at radius 3 is 2.26 bits per heavy atom. The van der Waals surface area contributed by atoms with Crippen LogP contribution in [0.5, 0.6) is 11.5 Å². The summed E-state index contributed by atoms with van der Waals surface area (Å²) in [6.07, 6.45) is -0.221. The van der Waals surface area contributed by atoms with Crippen LogP contribution in [0.25, 0.3) is 11.1 Å². The molecule has 0 fully saturated rings. The van der Waals surface area contributed by atoms with Gasteiger partial charge in [0.2, 0.25) is 0 Å². The van der Waals surface area contributed by atoms with E-state index in [9.17, 15) is 4.79 Å². The van der Waals surface area contributed by atoms with Gasteiger partial charge in [-0.15, -0.1) is 0 Å². The number of aliphatic carboxylic acids is 1. The number of ether oxygens (including phenoxy) is 2. The van der Waals surface area contributed by atoms with Gasteiger partial charge in [0.15, 0.2) is 5.76 Å². The molecule has 3 aromatic carbocycles. The minimum absolute atomic E-state index is 0.200. The van der Waals surface area contributed by atoms with Crippen molar-refractivity contribution in [1.82, 2.24) is 5.16 Å². The monoisotopic (exact) mass is 456 g/mol. The number of rotatable bonds is 10. The molecule has 0 aliphatic carbocycles. The fourth-order valence-corrected chi connectivity index (χ4v) is 3.49. The Hall–Kier alpha value is -4.39. The van der Waals surface area contributed by atoms with Gasteiger partial charge in [-0.25, -0.2) is 0 Å². The zero-order valence-electron chi connectivity index (χ0n) is 18.7. The highest BCUT2D eigenvalue weighted by Crippen LogP contribution is 2.29. The summed E-state index contributed by atoms with van der Waals surface area (Å²) in [5, 5.41) is 21.1. The number of aryl methyl sites for hydroxylation is 1. The van der Waals surface area contributed by atoms with E-state index in [1.807, 2.05) is 78.9 Å². The first-order valence-corrected chi connectivity index (χ1v) is 10.7. The van der Waals surface area contributed by atoms with E-state index in [2.05, 4.69) is 5.16 Å². The molecule has 0 saturated heterocycles. The maximum atomic E-state index is 11.1. The van der Waals surface area contributed by atoms with E-state index in [1.54, 1.807) is 6.92 Å². The van der Waals surface area contributed by atoms with Crippen LogP contribution in [-0.4, -0.2) is 28.6 Å². The normalized spacial score (nSPS) is 10.6. The van der Waals surface area contributed by atoms with Crippen LogP contribution in [0.1, 0.15) is 22.6 Å². The largest absolute Gasteiger partial charge is 0.489 e. The third-order valence-electron chi connectivity index (χ3n) is 5.22. The minimum atomic E-state index is -0.969. The summed E-state index contributed by atoms with van der Waals surface area (Å²) in [6, 6.07) is 24.5. The molecule has 0 atom stereocenters. The van der Waals surface area contributed by atoms with Crippen molar-refractivity contribution in [3.8, 4) is 22.6 Å². The van der Waals surface area contributed by atoms with E-state index in [0.717, 1.165) is 16.7 Å². The molecule has 34 heavy (non-hydrogen) atoms. The number of carboxylic acids is 1. The lowest BCUT2D eigenvalue weighted by Crippen LogP contribution is -2.11. The van der Waals surface area contributed by atoms with Gasteiger partial charge in [0.25, 0.3) is 0 Å². The smallest absolute Gasteiger partial charge is 0.311 e. The molecule has 0 bridgehead atoms. The van der Waals surface area contributed by atoms with E-state index >= 15 is 0 Å². The molecule has 7 nitrogen and oxygen atoms in total. The molecule has 0 spiro atoms. The molecular weight excluding hydrogens is 432 g/mol. The van der Waals surface area contributed by atoms with Gasteiger partial charge in [0.05, 0.1) is 11.4 Å². The molecule has 7 heteroatoms. The van der Waals surface area contributed by atoms with Crippen LogP contribution >= 0.6 is 0 Å². The average molecular weight is 456 g/mol. The topological polar surface area (TPSA) is 106 Å². The zero-order chi connectivity index (χ0) is 23.9. The maximum absolute atomic E-state index is 11.1. The number of hydrogen-bond acceptors (Lipinski definition) is 6. The van der Waals surface area contributed by atoms with Crippen LogP contribution in [-0.2, 0) is 17.8 Å². The summed E-state index contributed by atoms with van der Waals surface area (Å²) in [5.74, 6) is 0.743. The fraction of sp³-hybridized carbons (Fsp3) is 0.148. The zero-order valence-corrected chi connectivity index (χ0v) is 18.7. The second-order valence-electron chi connectivity index (χ2n) is 7.73. The van der Waals surface area contributed by atoms with Crippen LogP contribution in [0.3, 0.4) is 0 Å². The van der Waals surface area contributed by atoms with Gasteiger partial charge in [0.1, 0.15) is 31.1 Å². The van der Waals surface area contributed by atoms with Crippen LogP contribution in [0.2, 0.25) is 0 Å². The van der Waals surface area contributed by atoms with Crippen molar-refractivity contribution in [1.29, 1.82) is 5.41 Å². The van der Waals surface area contributed by atoms with Gasteiger partial charge in [-0.05, 0) is 47.9 Å². The van der Waals surface area contributed by atoms with E-state index in [-0.39, 0.29) is 13.0 Å². The number of carboxylic acid groups (broad SMARTS) is 1. The Bertz CT molecular complexity index is 1260. The molecular formula is C27H24N2O5. The van der Waals surface area contributed by atoms with Crippen LogP contribution in [0, 0.1) is 12.3 Å². The minimum Gasteiger partial charge on any atom is -0.489 e. The standard InChI is InChI=1S/C27H24N2O5/c1-18-27(25(34-29-18)15-26(30)31)21-9-13-23(14-10-21)32-16-19-7-11-22(12-8-19)33-17-24(28)20-5-3-2-4-6-20/h2-14,28H,15-17H2,1H3,(H,30,31). The van der Waals surface area contributed by atoms with Gasteiger partial charge in [-0.3, -0.25) is 4.79 Å². The van der Waals surface area contributed by atoms with E-state index in [1.165, 1.54) is 0 Å². The number of carbonyl (C=O) groups is 1. The summed E-state index contributed by atoms with van der Waals surface area (Å²) in [4.78, 5) is 11.1. The second kappa shape index (κ2) is 10.5. The molecule has 1 aromatic heterocycles. The summed E-state index contributed by atoms with van der Waals surface area (Å²) in [6.45, 7) is 2.37. The summed E-state index contributed by atoms with van der Waals surface area (Å²) < 4.78 is 16.8. The Morgan fingerprint density at radius 2 is 1.59 bits per heavy atom. The van der Waals surface area contributed by atoms with E-state index in [4.69, 9.17) is 24.5 Å². The van der Waals surface area contributed by atoms with Crippen molar-refractivity contribution in [2.24, 2.45) is 0 Å². The molecule has 1 heterocycles.